The van der Waals surface area contributed by atoms with Gasteiger partial charge in [0.15, 0.2) is 0 Å². The van der Waals surface area contributed by atoms with Crippen LogP contribution in [-0.4, -0.2) is 20.5 Å². The number of aryl methyl sites for hydroxylation is 1. The summed E-state index contributed by atoms with van der Waals surface area (Å²) >= 11 is 0. The fraction of sp³-hybridized carbons (Fsp3) is 0.0667. The van der Waals surface area contributed by atoms with Crippen molar-refractivity contribution >= 4 is 11.6 Å². The SMILES string of the molecule is Cc1ccc2nc(-c3ccccc3C(=O)O)cn2c1. The lowest BCUT2D eigenvalue weighted by Crippen LogP contribution is -1.98. The van der Waals surface area contributed by atoms with Gasteiger partial charge in [-0.1, -0.05) is 24.3 Å². The number of carboxylic acid groups (broad SMARTS) is 1. The summed E-state index contributed by atoms with van der Waals surface area (Å²) in [6.45, 7) is 2.00. The quantitative estimate of drug-likeness (QED) is 0.762. The summed E-state index contributed by atoms with van der Waals surface area (Å²) < 4.78 is 1.91. The number of fused-ring (bicyclic) bond motifs is 1. The number of aromatic carboxylic acids is 1. The second-order valence-electron chi connectivity index (χ2n) is 4.45. The fourth-order valence-electron chi connectivity index (χ4n) is 2.13. The molecule has 4 nitrogen and oxygen atoms in total. The number of benzene rings is 1. The third kappa shape index (κ3) is 1.97. The predicted molar refractivity (Wildman–Crippen MR) is 72.3 cm³/mol. The normalized spacial score (nSPS) is 10.8. The number of hydrogen-bond acceptors (Lipinski definition) is 2. The molecule has 0 spiro atoms. The number of nitrogens with zero attached hydrogens (tertiary/aromatic N) is 2. The van der Waals surface area contributed by atoms with E-state index in [2.05, 4.69) is 4.98 Å². The number of rotatable bonds is 2. The van der Waals surface area contributed by atoms with E-state index in [1.54, 1.807) is 18.2 Å². The standard InChI is InChI=1S/C15H12N2O2/c1-10-6-7-14-16-13(9-17(14)8-10)11-4-2-3-5-12(11)15(18)19/h2-9H,1H3,(H,18,19). The largest absolute Gasteiger partial charge is 0.478 e. The van der Waals surface area contributed by atoms with Gasteiger partial charge in [0.25, 0.3) is 0 Å². The van der Waals surface area contributed by atoms with Crippen molar-refractivity contribution in [2.24, 2.45) is 0 Å². The third-order valence-electron chi connectivity index (χ3n) is 3.03. The van der Waals surface area contributed by atoms with E-state index in [1.165, 1.54) is 0 Å². The van der Waals surface area contributed by atoms with Gasteiger partial charge in [-0.15, -0.1) is 0 Å². The van der Waals surface area contributed by atoms with Crippen LogP contribution in [0.1, 0.15) is 15.9 Å². The second kappa shape index (κ2) is 4.24. The van der Waals surface area contributed by atoms with E-state index >= 15 is 0 Å². The molecule has 3 aromatic rings. The van der Waals surface area contributed by atoms with E-state index in [0.717, 1.165) is 11.2 Å². The molecule has 0 bridgehead atoms. The van der Waals surface area contributed by atoms with Crippen molar-refractivity contribution < 1.29 is 9.90 Å². The highest BCUT2D eigenvalue weighted by molar-refractivity contribution is 5.95. The molecule has 1 N–H and O–H groups in total. The van der Waals surface area contributed by atoms with Crippen molar-refractivity contribution in [3.8, 4) is 11.3 Å². The monoisotopic (exact) mass is 252 g/mol. The molecule has 0 aliphatic carbocycles. The van der Waals surface area contributed by atoms with Crippen LogP contribution in [0.3, 0.4) is 0 Å². The summed E-state index contributed by atoms with van der Waals surface area (Å²) in [5.41, 5.74) is 3.51. The number of aromatic nitrogens is 2. The Morgan fingerprint density at radius 2 is 1.95 bits per heavy atom. The van der Waals surface area contributed by atoms with E-state index in [9.17, 15) is 9.90 Å². The van der Waals surface area contributed by atoms with E-state index in [1.807, 2.05) is 41.9 Å². The average Bonchev–Trinajstić information content (AvgIpc) is 2.81. The molecule has 0 atom stereocenters. The van der Waals surface area contributed by atoms with Crippen molar-refractivity contribution in [3.63, 3.8) is 0 Å². The van der Waals surface area contributed by atoms with Gasteiger partial charge in [0.05, 0.1) is 11.3 Å². The molecule has 0 aliphatic rings. The Morgan fingerprint density at radius 1 is 1.16 bits per heavy atom. The zero-order chi connectivity index (χ0) is 13.4. The van der Waals surface area contributed by atoms with E-state index < -0.39 is 5.97 Å². The van der Waals surface area contributed by atoms with Crippen LogP contribution in [-0.2, 0) is 0 Å². The van der Waals surface area contributed by atoms with Crippen LogP contribution >= 0.6 is 0 Å². The first-order chi connectivity index (χ1) is 9.15. The number of hydrogen-bond donors (Lipinski definition) is 1. The van der Waals surface area contributed by atoms with Gasteiger partial charge in [0.2, 0.25) is 0 Å². The van der Waals surface area contributed by atoms with E-state index in [-0.39, 0.29) is 5.56 Å². The Bertz CT molecular complexity index is 775. The second-order valence-corrected chi connectivity index (χ2v) is 4.45. The summed E-state index contributed by atoms with van der Waals surface area (Å²) in [6.07, 6.45) is 3.82. The van der Waals surface area contributed by atoms with Crippen LogP contribution in [0.4, 0.5) is 0 Å². The topological polar surface area (TPSA) is 54.6 Å². The number of pyridine rings is 1. The third-order valence-corrected chi connectivity index (χ3v) is 3.03. The zero-order valence-electron chi connectivity index (χ0n) is 10.4. The molecule has 1 aromatic carbocycles. The van der Waals surface area contributed by atoms with Crippen LogP contribution in [0.25, 0.3) is 16.9 Å². The van der Waals surface area contributed by atoms with Gasteiger partial charge < -0.3 is 9.51 Å². The molecule has 2 heterocycles. The molecule has 0 amide bonds. The molecule has 0 unspecified atom stereocenters. The van der Waals surface area contributed by atoms with Crippen LogP contribution in [0.5, 0.6) is 0 Å². The molecule has 3 rings (SSSR count). The van der Waals surface area contributed by atoms with Crippen LogP contribution in [0, 0.1) is 6.92 Å². The molecule has 19 heavy (non-hydrogen) atoms. The maximum Gasteiger partial charge on any atom is 0.336 e. The van der Waals surface area contributed by atoms with E-state index in [0.29, 0.717) is 11.3 Å². The lowest BCUT2D eigenvalue weighted by Gasteiger charge is -2.01. The Morgan fingerprint density at radius 3 is 2.74 bits per heavy atom. The molecule has 0 radical (unpaired) electrons. The highest BCUT2D eigenvalue weighted by Gasteiger charge is 2.13. The average molecular weight is 252 g/mol. The minimum atomic E-state index is -0.941. The molecule has 0 fully saturated rings. The van der Waals surface area contributed by atoms with Crippen molar-refractivity contribution in [3.05, 3.63) is 59.9 Å². The summed E-state index contributed by atoms with van der Waals surface area (Å²) in [6, 6.07) is 10.8. The van der Waals surface area contributed by atoms with Gasteiger partial charge in [-0.2, -0.15) is 0 Å². The lowest BCUT2D eigenvalue weighted by atomic mass is 10.1. The van der Waals surface area contributed by atoms with Gasteiger partial charge in [0, 0.05) is 18.0 Å². The Hall–Kier alpha value is -2.62. The summed E-state index contributed by atoms with van der Waals surface area (Å²) in [7, 11) is 0. The van der Waals surface area contributed by atoms with Crippen LogP contribution < -0.4 is 0 Å². The van der Waals surface area contributed by atoms with Gasteiger partial charge in [0.1, 0.15) is 5.65 Å². The molecule has 2 aromatic heterocycles. The maximum absolute atomic E-state index is 11.2. The van der Waals surface area contributed by atoms with E-state index in [4.69, 9.17) is 0 Å². The highest BCUT2D eigenvalue weighted by Crippen LogP contribution is 2.23. The van der Waals surface area contributed by atoms with Crippen molar-refractivity contribution in [2.75, 3.05) is 0 Å². The van der Waals surface area contributed by atoms with Gasteiger partial charge >= 0.3 is 5.97 Å². The molecule has 94 valence electrons. The first-order valence-electron chi connectivity index (χ1n) is 5.93. The number of carboxylic acids is 1. The zero-order valence-corrected chi connectivity index (χ0v) is 10.4. The Kier molecular flexibility index (Phi) is 2.56. The molecule has 4 heteroatoms. The Labute approximate surface area is 110 Å². The number of carbonyl (C=O) groups is 1. The highest BCUT2D eigenvalue weighted by atomic mass is 16.4. The van der Waals surface area contributed by atoms with Crippen molar-refractivity contribution in [1.29, 1.82) is 0 Å². The summed E-state index contributed by atoms with van der Waals surface area (Å²) in [5, 5.41) is 9.21. The minimum absolute atomic E-state index is 0.266. The first-order valence-corrected chi connectivity index (χ1v) is 5.93. The molecular formula is C15H12N2O2. The summed E-state index contributed by atoms with van der Waals surface area (Å²) in [5.74, 6) is -0.941. The molecule has 0 saturated heterocycles. The van der Waals surface area contributed by atoms with Crippen LogP contribution in [0.15, 0.2) is 48.8 Å². The predicted octanol–water partition coefficient (Wildman–Crippen LogP) is 3.01. The molecule has 0 aliphatic heterocycles. The number of imidazole rings is 1. The summed E-state index contributed by atoms with van der Waals surface area (Å²) in [4.78, 5) is 15.7. The maximum atomic E-state index is 11.2. The van der Waals surface area contributed by atoms with Gasteiger partial charge in [-0.05, 0) is 24.6 Å². The van der Waals surface area contributed by atoms with Gasteiger partial charge in [-0.25, -0.2) is 9.78 Å². The van der Waals surface area contributed by atoms with Crippen molar-refractivity contribution in [1.82, 2.24) is 9.38 Å². The van der Waals surface area contributed by atoms with Gasteiger partial charge in [-0.3, -0.25) is 0 Å². The lowest BCUT2D eigenvalue weighted by molar-refractivity contribution is 0.0697. The van der Waals surface area contributed by atoms with Crippen LogP contribution in [0.2, 0.25) is 0 Å². The fourth-order valence-corrected chi connectivity index (χ4v) is 2.13. The minimum Gasteiger partial charge on any atom is -0.478 e. The Balaban J connectivity index is 2.22. The smallest absolute Gasteiger partial charge is 0.336 e. The molecular weight excluding hydrogens is 240 g/mol. The molecule has 0 saturated carbocycles. The van der Waals surface area contributed by atoms with Crippen molar-refractivity contribution in [2.45, 2.75) is 6.92 Å². The first kappa shape index (κ1) is 11.5.